The maximum Gasteiger partial charge on any atom is 0.228 e. The van der Waals surface area contributed by atoms with Crippen LogP contribution in [-0.2, 0) is 11.2 Å². The highest BCUT2D eigenvalue weighted by Gasteiger charge is 2.06. The molecule has 2 aromatic heterocycles. The van der Waals surface area contributed by atoms with Crippen LogP contribution in [0.2, 0.25) is 0 Å². The SMILES string of the molecule is O=C(Cc1ccc(F)cc1)Nc1cnc2nc[nH]c2c1. The molecule has 3 rings (SSSR count). The van der Waals surface area contributed by atoms with Crippen LogP contribution in [-0.4, -0.2) is 20.9 Å². The highest BCUT2D eigenvalue weighted by molar-refractivity contribution is 5.93. The van der Waals surface area contributed by atoms with Crippen LogP contribution in [0.3, 0.4) is 0 Å². The van der Waals surface area contributed by atoms with E-state index in [0.717, 1.165) is 11.1 Å². The number of H-pyrrole nitrogens is 1. The van der Waals surface area contributed by atoms with Gasteiger partial charge in [-0.1, -0.05) is 12.1 Å². The van der Waals surface area contributed by atoms with Gasteiger partial charge in [-0.3, -0.25) is 4.79 Å². The summed E-state index contributed by atoms with van der Waals surface area (Å²) in [4.78, 5) is 22.9. The van der Waals surface area contributed by atoms with Gasteiger partial charge < -0.3 is 10.3 Å². The second-order valence-electron chi connectivity index (χ2n) is 4.35. The molecule has 6 heteroatoms. The minimum absolute atomic E-state index is 0.182. The molecular weight excluding hydrogens is 259 g/mol. The molecule has 0 saturated carbocycles. The van der Waals surface area contributed by atoms with Gasteiger partial charge in [-0.2, -0.15) is 0 Å². The summed E-state index contributed by atoms with van der Waals surface area (Å²) in [5, 5.41) is 2.74. The Morgan fingerprint density at radius 1 is 1.25 bits per heavy atom. The Morgan fingerprint density at radius 3 is 2.85 bits per heavy atom. The van der Waals surface area contributed by atoms with Crippen molar-refractivity contribution in [3.63, 3.8) is 0 Å². The van der Waals surface area contributed by atoms with Gasteiger partial charge in [0.15, 0.2) is 5.65 Å². The molecule has 5 nitrogen and oxygen atoms in total. The summed E-state index contributed by atoms with van der Waals surface area (Å²) < 4.78 is 12.8. The molecule has 0 atom stereocenters. The van der Waals surface area contributed by atoms with E-state index in [1.807, 2.05) is 0 Å². The van der Waals surface area contributed by atoms with E-state index in [0.29, 0.717) is 11.3 Å². The molecule has 0 fully saturated rings. The molecule has 2 N–H and O–H groups in total. The highest BCUT2D eigenvalue weighted by Crippen LogP contribution is 2.13. The number of carbonyl (C=O) groups excluding carboxylic acids is 1. The van der Waals surface area contributed by atoms with Crippen molar-refractivity contribution in [3.05, 3.63) is 54.2 Å². The Morgan fingerprint density at radius 2 is 2.05 bits per heavy atom. The van der Waals surface area contributed by atoms with Crippen LogP contribution in [0.25, 0.3) is 11.2 Å². The highest BCUT2D eigenvalue weighted by atomic mass is 19.1. The minimum atomic E-state index is -0.317. The molecule has 0 saturated heterocycles. The number of anilines is 1. The average molecular weight is 270 g/mol. The summed E-state index contributed by atoms with van der Waals surface area (Å²) in [5.41, 5.74) is 2.69. The number of benzene rings is 1. The van der Waals surface area contributed by atoms with E-state index in [9.17, 15) is 9.18 Å². The number of carbonyl (C=O) groups is 1. The van der Waals surface area contributed by atoms with Gasteiger partial charge in [0.1, 0.15) is 5.82 Å². The van der Waals surface area contributed by atoms with Gasteiger partial charge in [0.2, 0.25) is 5.91 Å². The van der Waals surface area contributed by atoms with Gasteiger partial charge in [-0.25, -0.2) is 14.4 Å². The number of pyridine rings is 1. The first kappa shape index (κ1) is 12.3. The maximum atomic E-state index is 12.8. The second-order valence-corrected chi connectivity index (χ2v) is 4.35. The van der Waals surface area contributed by atoms with E-state index < -0.39 is 0 Å². The number of nitrogens with one attached hydrogen (secondary N) is 2. The van der Waals surface area contributed by atoms with Crippen molar-refractivity contribution in [1.82, 2.24) is 15.0 Å². The van der Waals surface area contributed by atoms with Crippen molar-refractivity contribution in [2.45, 2.75) is 6.42 Å². The van der Waals surface area contributed by atoms with Gasteiger partial charge in [-0.15, -0.1) is 0 Å². The lowest BCUT2D eigenvalue weighted by atomic mass is 10.1. The lowest BCUT2D eigenvalue weighted by molar-refractivity contribution is -0.115. The van der Waals surface area contributed by atoms with Crippen LogP contribution in [0.15, 0.2) is 42.9 Å². The van der Waals surface area contributed by atoms with Gasteiger partial charge in [0, 0.05) is 0 Å². The predicted molar refractivity (Wildman–Crippen MR) is 72.6 cm³/mol. The number of nitrogens with zero attached hydrogens (tertiary/aromatic N) is 2. The number of imidazole rings is 1. The second kappa shape index (κ2) is 5.08. The molecule has 1 aromatic carbocycles. The Bertz CT molecular complexity index is 751. The molecule has 0 bridgehead atoms. The van der Waals surface area contributed by atoms with E-state index in [4.69, 9.17) is 0 Å². The van der Waals surface area contributed by atoms with Crippen molar-refractivity contribution < 1.29 is 9.18 Å². The minimum Gasteiger partial charge on any atom is -0.343 e. The van der Waals surface area contributed by atoms with Crippen molar-refractivity contribution >= 4 is 22.8 Å². The van der Waals surface area contributed by atoms with Gasteiger partial charge in [0.05, 0.1) is 30.1 Å². The van der Waals surface area contributed by atoms with Crippen molar-refractivity contribution in [2.24, 2.45) is 0 Å². The first-order valence-corrected chi connectivity index (χ1v) is 6.04. The smallest absolute Gasteiger partial charge is 0.228 e. The number of hydrogen-bond acceptors (Lipinski definition) is 3. The van der Waals surface area contributed by atoms with Crippen LogP contribution in [0.1, 0.15) is 5.56 Å². The lowest BCUT2D eigenvalue weighted by Crippen LogP contribution is -2.14. The number of aromatic amines is 1. The summed E-state index contributed by atoms with van der Waals surface area (Å²) in [6.07, 6.45) is 3.27. The zero-order valence-electron chi connectivity index (χ0n) is 10.4. The van der Waals surface area contributed by atoms with Crippen LogP contribution in [0.5, 0.6) is 0 Å². The quantitative estimate of drug-likeness (QED) is 0.767. The summed E-state index contributed by atoms with van der Waals surface area (Å²) >= 11 is 0. The molecule has 0 spiro atoms. The van der Waals surface area contributed by atoms with Crippen LogP contribution < -0.4 is 5.32 Å². The fourth-order valence-corrected chi connectivity index (χ4v) is 1.89. The normalized spacial score (nSPS) is 10.7. The summed E-state index contributed by atoms with van der Waals surface area (Å²) in [6, 6.07) is 7.61. The molecular formula is C14H11FN4O. The fourth-order valence-electron chi connectivity index (χ4n) is 1.89. The first-order chi connectivity index (χ1) is 9.70. The molecule has 100 valence electrons. The molecule has 0 radical (unpaired) electrons. The number of amides is 1. The largest absolute Gasteiger partial charge is 0.343 e. The number of halogens is 1. The third-order valence-electron chi connectivity index (χ3n) is 2.84. The van der Waals surface area contributed by atoms with Gasteiger partial charge >= 0.3 is 0 Å². The topological polar surface area (TPSA) is 70.7 Å². The molecule has 0 aliphatic rings. The van der Waals surface area contributed by atoms with E-state index in [-0.39, 0.29) is 18.1 Å². The van der Waals surface area contributed by atoms with Crippen molar-refractivity contribution in [1.29, 1.82) is 0 Å². The lowest BCUT2D eigenvalue weighted by Gasteiger charge is -2.05. The number of aromatic nitrogens is 3. The molecule has 3 aromatic rings. The summed E-state index contributed by atoms with van der Waals surface area (Å²) in [6.45, 7) is 0. The van der Waals surface area contributed by atoms with E-state index >= 15 is 0 Å². The Hall–Kier alpha value is -2.76. The molecule has 2 heterocycles. The fraction of sp³-hybridized carbons (Fsp3) is 0.0714. The summed E-state index contributed by atoms with van der Waals surface area (Å²) in [7, 11) is 0. The number of fused-ring (bicyclic) bond motifs is 1. The van der Waals surface area contributed by atoms with Crippen LogP contribution in [0.4, 0.5) is 10.1 Å². The predicted octanol–water partition coefficient (Wildman–Crippen LogP) is 2.28. The Kier molecular flexibility index (Phi) is 3.12. The van der Waals surface area contributed by atoms with Gasteiger partial charge in [0.25, 0.3) is 0 Å². The number of rotatable bonds is 3. The Labute approximate surface area is 113 Å². The monoisotopic (exact) mass is 270 g/mol. The third-order valence-corrected chi connectivity index (χ3v) is 2.84. The average Bonchev–Trinajstić information content (AvgIpc) is 2.89. The van der Waals surface area contributed by atoms with Gasteiger partial charge in [-0.05, 0) is 23.8 Å². The van der Waals surface area contributed by atoms with Crippen LogP contribution in [0, 0.1) is 5.82 Å². The van der Waals surface area contributed by atoms with E-state index in [1.54, 1.807) is 30.7 Å². The zero-order chi connectivity index (χ0) is 13.9. The molecule has 0 aliphatic carbocycles. The molecule has 0 aliphatic heterocycles. The van der Waals surface area contributed by atoms with E-state index in [1.165, 1.54) is 12.1 Å². The van der Waals surface area contributed by atoms with E-state index in [2.05, 4.69) is 20.3 Å². The van der Waals surface area contributed by atoms with Crippen LogP contribution >= 0.6 is 0 Å². The Balaban J connectivity index is 1.70. The number of hydrogen-bond donors (Lipinski definition) is 2. The van der Waals surface area contributed by atoms with Crippen molar-refractivity contribution in [3.8, 4) is 0 Å². The zero-order valence-corrected chi connectivity index (χ0v) is 10.4. The third kappa shape index (κ3) is 2.64. The standard InChI is InChI=1S/C14H11FN4O/c15-10-3-1-9(2-4-10)5-13(20)19-11-6-12-14(16-7-11)18-8-17-12/h1-4,6-8H,5H2,(H,19,20)(H,16,17,18). The first-order valence-electron chi connectivity index (χ1n) is 6.04. The van der Waals surface area contributed by atoms with Crippen molar-refractivity contribution in [2.75, 3.05) is 5.32 Å². The maximum absolute atomic E-state index is 12.8. The summed E-state index contributed by atoms with van der Waals surface area (Å²) in [5.74, 6) is -0.500. The molecule has 20 heavy (non-hydrogen) atoms. The molecule has 0 unspecified atom stereocenters. The molecule has 1 amide bonds.